The number of anilines is 1. The van der Waals surface area contributed by atoms with E-state index in [1.807, 2.05) is 13.0 Å². The van der Waals surface area contributed by atoms with Crippen LogP contribution in [0.5, 0.6) is 5.75 Å². The number of para-hydroxylation sites is 1. The number of benzene rings is 2. The van der Waals surface area contributed by atoms with Crippen LogP contribution in [0.3, 0.4) is 0 Å². The van der Waals surface area contributed by atoms with Gasteiger partial charge in [-0.25, -0.2) is 4.79 Å². The third-order valence-corrected chi connectivity index (χ3v) is 4.99. The number of aromatic hydroxyl groups is 1. The molecule has 2 heterocycles. The minimum atomic E-state index is -0.697. The first-order valence-corrected chi connectivity index (χ1v) is 9.47. The summed E-state index contributed by atoms with van der Waals surface area (Å²) >= 11 is 0. The number of nitrogens with one attached hydrogen (secondary N) is 1. The SMILES string of the molecule is CCCOC(=O)c1ccc(NC(=O)c2c(O)c3cccc4c3n(c2=O)CC4)cc1. The van der Waals surface area contributed by atoms with E-state index in [-0.39, 0.29) is 11.3 Å². The molecule has 7 nitrogen and oxygen atoms in total. The number of carbonyl (C=O) groups is 2. The lowest BCUT2D eigenvalue weighted by Crippen LogP contribution is -2.28. The number of amides is 1. The fourth-order valence-corrected chi connectivity index (χ4v) is 3.59. The summed E-state index contributed by atoms with van der Waals surface area (Å²) < 4.78 is 6.60. The first-order valence-electron chi connectivity index (χ1n) is 9.47. The Morgan fingerprint density at radius 3 is 2.66 bits per heavy atom. The highest BCUT2D eigenvalue weighted by Crippen LogP contribution is 2.32. The maximum atomic E-state index is 12.8. The molecule has 0 fully saturated rings. The molecule has 1 amide bonds. The van der Waals surface area contributed by atoms with Gasteiger partial charge in [-0.3, -0.25) is 9.59 Å². The van der Waals surface area contributed by atoms with Crippen LogP contribution in [-0.2, 0) is 17.7 Å². The van der Waals surface area contributed by atoms with Crippen LogP contribution < -0.4 is 10.9 Å². The molecular weight excluding hydrogens is 372 g/mol. The van der Waals surface area contributed by atoms with E-state index in [0.717, 1.165) is 12.0 Å². The van der Waals surface area contributed by atoms with Crippen LogP contribution in [0.15, 0.2) is 47.3 Å². The molecule has 29 heavy (non-hydrogen) atoms. The first-order chi connectivity index (χ1) is 14.0. The molecular formula is C22H20N2O5. The molecule has 0 unspecified atom stereocenters. The van der Waals surface area contributed by atoms with E-state index in [1.165, 1.54) is 16.7 Å². The Morgan fingerprint density at radius 1 is 1.17 bits per heavy atom. The van der Waals surface area contributed by atoms with Gasteiger partial charge in [0.25, 0.3) is 11.5 Å². The number of ether oxygens (including phenoxy) is 1. The van der Waals surface area contributed by atoms with E-state index in [0.29, 0.717) is 41.7 Å². The summed E-state index contributed by atoms with van der Waals surface area (Å²) in [5.74, 6) is -1.45. The average molecular weight is 392 g/mol. The first kappa shape index (κ1) is 18.7. The Kier molecular flexibility index (Phi) is 4.80. The zero-order valence-electron chi connectivity index (χ0n) is 15.9. The van der Waals surface area contributed by atoms with Crippen molar-refractivity contribution in [2.75, 3.05) is 11.9 Å². The molecule has 2 N–H and O–H groups in total. The lowest BCUT2D eigenvalue weighted by atomic mass is 10.1. The third kappa shape index (κ3) is 3.24. The van der Waals surface area contributed by atoms with Crippen molar-refractivity contribution < 1.29 is 19.4 Å². The molecule has 0 radical (unpaired) electrons. The number of rotatable bonds is 5. The number of hydrogen-bond donors (Lipinski definition) is 2. The molecule has 0 saturated carbocycles. The predicted octanol–water partition coefficient (Wildman–Crippen LogP) is 3.08. The summed E-state index contributed by atoms with van der Waals surface area (Å²) in [6, 6.07) is 11.6. The van der Waals surface area contributed by atoms with Crippen LogP contribution in [0.2, 0.25) is 0 Å². The minimum absolute atomic E-state index is 0.289. The van der Waals surface area contributed by atoms with Crippen molar-refractivity contribution in [3.8, 4) is 5.75 Å². The highest BCUT2D eigenvalue weighted by atomic mass is 16.5. The van der Waals surface area contributed by atoms with Crippen LogP contribution in [0, 0.1) is 0 Å². The van der Waals surface area contributed by atoms with Crippen molar-refractivity contribution in [3.05, 3.63) is 69.5 Å². The summed E-state index contributed by atoms with van der Waals surface area (Å²) in [6.45, 7) is 2.72. The number of carbonyl (C=O) groups excluding carboxylic acids is 2. The van der Waals surface area contributed by atoms with E-state index in [1.54, 1.807) is 24.3 Å². The van der Waals surface area contributed by atoms with Gasteiger partial charge in [-0.2, -0.15) is 0 Å². The van der Waals surface area contributed by atoms with Crippen molar-refractivity contribution in [1.82, 2.24) is 4.57 Å². The third-order valence-electron chi connectivity index (χ3n) is 4.99. The lowest BCUT2D eigenvalue weighted by molar-refractivity contribution is 0.0505. The zero-order chi connectivity index (χ0) is 20.5. The summed E-state index contributed by atoms with van der Waals surface area (Å²) in [4.78, 5) is 37.5. The van der Waals surface area contributed by atoms with Crippen LogP contribution in [0.4, 0.5) is 5.69 Å². The largest absolute Gasteiger partial charge is 0.506 e. The molecule has 0 aliphatic carbocycles. The molecule has 0 bridgehead atoms. The highest BCUT2D eigenvalue weighted by Gasteiger charge is 2.26. The fraction of sp³-hybridized carbons (Fsp3) is 0.227. The predicted molar refractivity (Wildman–Crippen MR) is 109 cm³/mol. The number of aryl methyl sites for hydroxylation is 2. The second kappa shape index (κ2) is 7.43. The second-order valence-electron chi connectivity index (χ2n) is 6.91. The Bertz CT molecular complexity index is 1180. The van der Waals surface area contributed by atoms with E-state index >= 15 is 0 Å². The Balaban J connectivity index is 1.63. The average Bonchev–Trinajstić information content (AvgIpc) is 3.16. The summed E-state index contributed by atoms with van der Waals surface area (Å²) in [5, 5.41) is 13.7. The maximum absolute atomic E-state index is 12.8. The van der Waals surface area contributed by atoms with Gasteiger partial charge in [0, 0.05) is 17.6 Å². The zero-order valence-corrected chi connectivity index (χ0v) is 15.9. The van der Waals surface area contributed by atoms with Crippen molar-refractivity contribution in [2.24, 2.45) is 0 Å². The number of hydrogen-bond acceptors (Lipinski definition) is 5. The van der Waals surface area contributed by atoms with Gasteiger partial charge in [0.05, 0.1) is 17.7 Å². The molecule has 7 heteroatoms. The second-order valence-corrected chi connectivity index (χ2v) is 6.91. The molecule has 2 aromatic carbocycles. The van der Waals surface area contributed by atoms with Crippen molar-refractivity contribution in [2.45, 2.75) is 26.3 Å². The van der Waals surface area contributed by atoms with Gasteiger partial charge >= 0.3 is 5.97 Å². The molecule has 1 aliphatic heterocycles. The van der Waals surface area contributed by atoms with Gasteiger partial charge < -0.3 is 19.7 Å². The number of nitrogens with zero attached hydrogens (tertiary/aromatic N) is 1. The van der Waals surface area contributed by atoms with Gasteiger partial charge in [0.2, 0.25) is 0 Å². The Morgan fingerprint density at radius 2 is 1.93 bits per heavy atom. The van der Waals surface area contributed by atoms with Crippen LogP contribution >= 0.6 is 0 Å². The number of aromatic nitrogens is 1. The Labute approximate surface area is 166 Å². The van der Waals surface area contributed by atoms with E-state index < -0.39 is 17.4 Å². The molecule has 3 aromatic rings. The van der Waals surface area contributed by atoms with E-state index in [2.05, 4.69) is 5.32 Å². The van der Waals surface area contributed by atoms with Gasteiger partial charge in [-0.05, 0) is 48.7 Å². The van der Waals surface area contributed by atoms with Crippen molar-refractivity contribution >= 4 is 28.5 Å². The quantitative estimate of drug-likeness (QED) is 0.651. The summed E-state index contributed by atoms with van der Waals surface area (Å²) in [5.41, 5.74) is 1.62. The molecule has 1 aromatic heterocycles. The molecule has 148 valence electrons. The Hall–Kier alpha value is -3.61. The number of esters is 1. The number of pyridine rings is 1. The molecule has 0 saturated heterocycles. The lowest BCUT2D eigenvalue weighted by Gasteiger charge is -2.12. The van der Waals surface area contributed by atoms with Crippen molar-refractivity contribution in [3.63, 3.8) is 0 Å². The molecule has 4 rings (SSSR count). The van der Waals surface area contributed by atoms with Crippen LogP contribution in [0.25, 0.3) is 10.9 Å². The van der Waals surface area contributed by atoms with Crippen LogP contribution in [0.1, 0.15) is 39.6 Å². The maximum Gasteiger partial charge on any atom is 0.338 e. The van der Waals surface area contributed by atoms with Gasteiger partial charge in [-0.15, -0.1) is 0 Å². The van der Waals surface area contributed by atoms with E-state index in [4.69, 9.17) is 4.74 Å². The molecule has 0 atom stereocenters. The normalized spacial score (nSPS) is 12.2. The summed E-state index contributed by atoms with van der Waals surface area (Å²) in [6.07, 6.45) is 1.42. The van der Waals surface area contributed by atoms with Gasteiger partial charge in [0.15, 0.2) is 0 Å². The summed E-state index contributed by atoms with van der Waals surface area (Å²) in [7, 11) is 0. The molecule has 0 spiro atoms. The molecule has 1 aliphatic rings. The monoisotopic (exact) mass is 392 g/mol. The minimum Gasteiger partial charge on any atom is -0.506 e. The smallest absolute Gasteiger partial charge is 0.338 e. The van der Waals surface area contributed by atoms with Gasteiger partial charge in [0.1, 0.15) is 11.3 Å². The standard InChI is InChI=1S/C22H20N2O5/c1-2-12-29-22(28)14-6-8-15(9-7-14)23-20(26)17-19(25)16-5-3-4-13-10-11-24(18(13)16)21(17)27/h3-9,25H,2,10-12H2,1H3,(H,23,26). The highest BCUT2D eigenvalue weighted by molar-refractivity contribution is 6.09. The van der Waals surface area contributed by atoms with Crippen LogP contribution in [-0.4, -0.2) is 28.2 Å². The van der Waals surface area contributed by atoms with Crippen molar-refractivity contribution in [1.29, 1.82) is 0 Å². The fourth-order valence-electron chi connectivity index (χ4n) is 3.59. The topological polar surface area (TPSA) is 97.6 Å². The van der Waals surface area contributed by atoms with Gasteiger partial charge in [-0.1, -0.05) is 19.1 Å². The van der Waals surface area contributed by atoms with E-state index in [9.17, 15) is 19.5 Å².